The third kappa shape index (κ3) is 1.76. The van der Waals surface area contributed by atoms with Gasteiger partial charge < -0.3 is 0 Å². The molecule has 0 unspecified atom stereocenters. The molecule has 0 atom stereocenters. The smallest absolute Gasteiger partial charge is 0.262 e. The molecule has 0 radical (unpaired) electrons. The number of hydrogen-bond donors (Lipinski definition) is 0. The first kappa shape index (κ1) is 9.90. The van der Waals surface area contributed by atoms with Crippen molar-refractivity contribution in [2.75, 3.05) is 6.54 Å². The lowest BCUT2D eigenvalue weighted by Gasteiger charge is -2.33. The van der Waals surface area contributed by atoms with Crippen LogP contribution in [0.25, 0.3) is 0 Å². The fourth-order valence-corrected chi connectivity index (χ4v) is 2.14. The predicted octanol–water partition coefficient (Wildman–Crippen LogP) is 2.51. The third-order valence-electron chi connectivity index (χ3n) is 2.49. The fourth-order valence-electron chi connectivity index (χ4n) is 2.14. The maximum absolute atomic E-state index is 13.0. The number of nitrogens with zero attached hydrogens (tertiary/aromatic N) is 1. The number of alkyl halides is 2. The quantitative estimate of drug-likeness (QED) is 0.595. The minimum atomic E-state index is -2.49. The summed E-state index contributed by atoms with van der Waals surface area (Å²) in [5.74, 6) is -2.49. The maximum Gasteiger partial charge on any atom is 0.262 e. The highest BCUT2D eigenvalue weighted by Crippen LogP contribution is 2.39. The summed E-state index contributed by atoms with van der Waals surface area (Å²) in [7, 11) is 0. The SMILES string of the molecule is CC(C)N1CC(F)(F)CC1(C)C. The molecule has 0 spiro atoms. The number of likely N-dealkylation sites (tertiary alicyclic amines) is 1. The van der Waals surface area contributed by atoms with Crippen LogP contribution in [0, 0.1) is 0 Å². The van der Waals surface area contributed by atoms with Crippen LogP contribution < -0.4 is 0 Å². The minimum Gasteiger partial charge on any atom is -0.290 e. The van der Waals surface area contributed by atoms with E-state index >= 15 is 0 Å². The summed E-state index contributed by atoms with van der Waals surface area (Å²) in [6, 6.07) is 0.202. The van der Waals surface area contributed by atoms with Gasteiger partial charge in [0.2, 0.25) is 0 Å². The van der Waals surface area contributed by atoms with Crippen LogP contribution in [0.3, 0.4) is 0 Å². The summed E-state index contributed by atoms with van der Waals surface area (Å²) in [6.45, 7) is 7.60. The second-order valence-corrected chi connectivity index (χ2v) is 4.57. The van der Waals surface area contributed by atoms with Crippen LogP contribution >= 0.6 is 0 Å². The van der Waals surface area contributed by atoms with Crippen molar-refractivity contribution in [3.05, 3.63) is 0 Å². The van der Waals surface area contributed by atoms with Crippen molar-refractivity contribution >= 4 is 0 Å². The molecule has 0 aromatic rings. The summed E-state index contributed by atoms with van der Waals surface area (Å²) in [4.78, 5) is 1.87. The summed E-state index contributed by atoms with van der Waals surface area (Å²) in [5.41, 5.74) is -0.350. The number of hydrogen-bond acceptors (Lipinski definition) is 1. The Kier molecular flexibility index (Phi) is 2.19. The topological polar surface area (TPSA) is 3.24 Å². The Morgan fingerprint density at radius 2 is 1.75 bits per heavy atom. The van der Waals surface area contributed by atoms with Crippen LogP contribution in [0.2, 0.25) is 0 Å². The summed E-state index contributed by atoms with van der Waals surface area (Å²) >= 11 is 0. The molecule has 1 aliphatic rings. The van der Waals surface area contributed by atoms with Crippen molar-refractivity contribution in [2.45, 2.75) is 51.6 Å². The molecule has 1 nitrogen and oxygen atoms in total. The minimum absolute atomic E-state index is 0.0157. The molecular formula is C9H17F2N. The zero-order valence-corrected chi connectivity index (χ0v) is 8.19. The van der Waals surface area contributed by atoms with Crippen molar-refractivity contribution in [3.63, 3.8) is 0 Å². The van der Waals surface area contributed by atoms with Gasteiger partial charge >= 0.3 is 0 Å². The van der Waals surface area contributed by atoms with Gasteiger partial charge in [-0.05, 0) is 27.7 Å². The van der Waals surface area contributed by atoms with Gasteiger partial charge in [0.25, 0.3) is 5.92 Å². The van der Waals surface area contributed by atoms with Gasteiger partial charge in [-0.2, -0.15) is 0 Å². The third-order valence-corrected chi connectivity index (χ3v) is 2.49. The van der Waals surface area contributed by atoms with Crippen LogP contribution in [0.4, 0.5) is 8.78 Å². The average Bonchev–Trinajstić information content (AvgIpc) is 1.99. The number of halogens is 2. The molecule has 1 fully saturated rings. The van der Waals surface area contributed by atoms with Crippen LogP contribution in [-0.2, 0) is 0 Å². The molecule has 12 heavy (non-hydrogen) atoms. The molecule has 0 aromatic carbocycles. The van der Waals surface area contributed by atoms with E-state index in [-0.39, 0.29) is 24.5 Å². The number of rotatable bonds is 1. The summed E-state index contributed by atoms with van der Waals surface area (Å²) in [6.07, 6.45) is -0.0157. The molecule has 0 amide bonds. The molecule has 0 aliphatic carbocycles. The molecule has 3 heteroatoms. The lowest BCUT2D eigenvalue weighted by Crippen LogP contribution is -2.42. The van der Waals surface area contributed by atoms with Gasteiger partial charge in [0, 0.05) is 18.0 Å². The van der Waals surface area contributed by atoms with Gasteiger partial charge in [-0.15, -0.1) is 0 Å². The zero-order valence-electron chi connectivity index (χ0n) is 8.19. The first-order valence-corrected chi connectivity index (χ1v) is 4.39. The van der Waals surface area contributed by atoms with Crippen LogP contribution in [0.5, 0.6) is 0 Å². The van der Waals surface area contributed by atoms with E-state index in [4.69, 9.17) is 0 Å². The summed E-state index contributed by atoms with van der Waals surface area (Å²) < 4.78 is 26.0. The molecule has 0 N–H and O–H groups in total. The van der Waals surface area contributed by atoms with Gasteiger partial charge in [-0.25, -0.2) is 8.78 Å². The Bertz CT molecular complexity index is 175. The molecule has 1 saturated heterocycles. The highest BCUT2D eigenvalue weighted by Gasteiger charge is 2.50. The van der Waals surface area contributed by atoms with E-state index in [0.29, 0.717) is 0 Å². The van der Waals surface area contributed by atoms with E-state index in [1.54, 1.807) is 0 Å². The Hall–Kier alpha value is -0.180. The van der Waals surface area contributed by atoms with E-state index in [1.165, 1.54) is 0 Å². The standard InChI is InChI=1S/C9H17F2N/c1-7(2)12-6-9(10,11)5-8(12,3)4/h7H,5-6H2,1-4H3. The molecule has 0 aromatic heterocycles. The highest BCUT2D eigenvalue weighted by atomic mass is 19.3. The van der Waals surface area contributed by atoms with Crippen molar-refractivity contribution in [3.8, 4) is 0 Å². The second kappa shape index (κ2) is 2.66. The summed E-state index contributed by atoms with van der Waals surface area (Å²) in [5, 5.41) is 0. The van der Waals surface area contributed by atoms with Crippen LogP contribution in [0.15, 0.2) is 0 Å². The fraction of sp³-hybridized carbons (Fsp3) is 1.00. The van der Waals surface area contributed by atoms with E-state index in [0.717, 1.165) is 0 Å². The van der Waals surface area contributed by atoms with Gasteiger partial charge in [0.05, 0.1) is 6.54 Å². The van der Waals surface area contributed by atoms with Crippen LogP contribution in [-0.4, -0.2) is 28.9 Å². The van der Waals surface area contributed by atoms with Crippen molar-refractivity contribution in [1.29, 1.82) is 0 Å². The largest absolute Gasteiger partial charge is 0.290 e. The molecule has 1 rings (SSSR count). The second-order valence-electron chi connectivity index (χ2n) is 4.57. The molecule has 72 valence electrons. The van der Waals surface area contributed by atoms with E-state index in [2.05, 4.69) is 0 Å². The Balaban J connectivity index is 2.78. The van der Waals surface area contributed by atoms with Gasteiger partial charge in [-0.1, -0.05) is 0 Å². The molecular weight excluding hydrogens is 160 g/mol. The van der Waals surface area contributed by atoms with Crippen LogP contribution in [0.1, 0.15) is 34.1 Å². The lowest BCUT2D eigenvalue weighted by molar-refractivity contribution is 0.00912. The Morgan fingerprint density at radius 3 is 1.92 bits per heavy atom. The Morgan fingerprint density at radius 1 is 1.25 bits per heavy atom. The Labute approximate surface area is 72.7 Å². The molecule has 0 bridgehead atoms. The highest BCUT2D eigenvalue weighted by molar-refractivity contribution is 4.98. The first-order chi connectivity index (χ1) is 5.25. The van der Waals surface area contributed by atoms with Gasteiger partial charge in [0.1, 0.15) is 0 Å². The normalized spacial score (nSPS) is 28.2. The van der Waals surface area contributed by atoms with Crippen molar-refractivity contribution in [2.24, 2.45) is 0 Å². The lowest BCUT2D eigenvalue weighted by atomic mass is 10.00. The zero-order chi connectivity index (χ0) is 9.57. The predicted molar refractivity (Wildman–Crippen MR) is 45.5 cm³/mol. The first-order valence-electron chi connectivity index (χ1n) is 4.39. The van der Waals surface area contributed by atoms with E-state index in [1.807, 2.05) is 32.6 Å². The average molecular weight is 177 g/mol. The van der Waals surface area contributed by atoms with Gasteiger partial charge in [0.15, 0.2) is 0 Å². The molecule has 1 heterocycles. The van der Waals surface area contributed by atoms with E-state index < -0.39 is 5.92 Å². The van der Waals surface area contributed by atoms with Crippen molar-refractivity contribution < 1.29 is 8.78 Å². The molecule has 1 aliphatic heterocycles. The van der Waals surface area contributed by atoms with Crippen molar-refractivity contribution in [1.82, 2.24) is 4.90 Å². The monoisotopic (exact) mass is 177 g/mol. The van der Waals surface area contributed by atoms with Gasteiger partial charge in [-0.3, -0.25) is 4.90 Å². The van der Waals surface area contributed by atoms with E-state index in [9.17, 15) is 8.78 Å². The molecule has 0 saturated carbocycles. The maximum atomic E-state index is 13.0.